The molecule has 2 aliphatic heterocycles. The third-order valence-electron chi connectivity index (χ3n) is 6.08. The molecule has 3 aromatic carbocycles. The zero-order valence-electron chi connectivity index (χ0n) is 18.6. The molecule has 0 aliphatic carbocycles. The molecule has 0 bridgehead atoms. The Labute approximate surface area is 197 Å². The maximum absolute atomic E-state index is 12.5. The normalized spacial score (nSPS) is 17.5. The first kappa shape index (κ1) is 21.7. The van der Waals surface area contributed by atoms with Crippen molar-refractivity contribution in [3.05, 3.63) is 90.3 Å². The van der Waals surface area contributed by atoms with Crippen molar-refractivity contribution < 1.29 is 19.1 Å². The Morgan fingerprint density at radius 2 is 1.76 bits per heavy atom. The summed E-state index contributed by atoms with van der Waals surface area (Å²) in [5, 5.41) is 4.91. The van der Waals surface area contributed by atoms with E-state index >= 15 is 0 Å². The number of hydrogen-bond donors (Lipinski definition) is 1. The summed E-state index contributed by atoms with van der Waals surface area (Å²) in [5.41, 5.74) is 1.12. The van der Waals surface area contributed by atoms with Gasteiger partial charge >= 0.3 is 12.1 Å². The predicted molar refractivity (Wildman–Crippen MR) is 129 cm³/mol. The number of rotatable bonds is 5. The number of esters is 1. The summed E-state index contributed by atoms with van der Waals surface area (Å²) in [6.45, 7) is 2.10. The van der Waals surface area contributed by atoms with Crippen LogP contribution in [0.2, 0.25) is 0 Å². The van der Waals surface area contributed by atoms with E-state index in [0.29, 0.717) is 29.8 Å². The monoisotopic (exact) mass is 455 g/mol. The molecule has 0 spiro atoms. The van der Waals surface area contributed by atoms with Gasteiger partial charge in [0.2, 0.25) is 5.90 Å². The van der Waals surface area contributed by atoms with Gasteiger partial charge in [-0.1, -0.05) is 54.6 Å². The van der Waals surface area contributed by atoms with Crippen LogP contribution in [-0.2, 0) is 9.53 Å². The van der Waals surface area contributed by atoms with E-state index in [0.717, 1.165) is 42.3 Å². The van der Waals surface area contributed by atoms with Gasteiger partial charge in [0.15, 0.2) is 5.70 Å². The number of carbonyl (C=O) groups excluding carboxylic acids is 2. The molecule has 2 heterocycles. The summed E-state index contributed by atoms with van der Waals surface area (Å²) >= 11 is 0. The molecule has 0 aromatic heterocycles. The fourth-order valence-electron chi connectivity index (χ4n) is 4.25. The van der Waals surface area contributed by atoms with E-state index in [-0.39, 0.29) is 0 Å². The summed E-state index contributed by atoms with van der Waals surface area (Å²) in [6, 6.07) is 22.8. The van der Waals surface area contributed by atoms with Crippen molar-refractivity contribution in [2.75, 3.05) is 19.6 Å². The molecule has 1 N–H and O–H groups in total. The van der Waals surface area contributed by atoms with E-state index in [1.165, 1.54) is 0 Å². The van der Waals surface area contributed by atoms with Crippen molar-refractivity contribution in [2.45, 2.75) is 12.8 Å². The van der Waals surface area contributed by atoms with Crippen molar-refractivity contribution in [1.29, 1.82) is 0 Å². The molecule has 1 saturated heterocycles. The van der Waals surface area contributed by atoms with Crippen LogP contribution >= 0.6 is 0 Å². The largest absolute Gasteiger partial charge is 0.412 e. The molecule has 5 rings (SSSR count). The lowest BCUT2D eigenvalue weighted by molar-refractivity contribution is -0.130. The molecule has 7 heteroatoms. The predicted octanol–water partition coefficient (Wildman–Crippen LogP) is 4.49. The van der Waals surface area contributed by atoms with Crippen LogP contribution in [0.4, 0.5) is 4.79 Å². The highest BCUT2D eigenvalue weighted by molar-refractivity contribution is 6.16. The summed E-state index contributed by atoms with van der Waals surface area (Å²) in [5.74, 6) is 0.774. The first-order chi connectivity index (χ1) is 16.7. The fourth-order valence-corrected chi connectivity index (χ4v) is 4.25. The molecule has 7 nitrogen and oxygen atoms in total. The van der Waals surface area contributed by atoms with E-state index in [1.54, 1.807) is 18.3 Å². The Morgan fingerprint density at radius 3 is 2.59 bits per heavy atom. The molecule has 0 unspecified atom stereocenters. The minimum Gasteiger partial charge on any atom is -0.410 e. The second kappa shape index (κ2) is 9.79. The van der Waals surface area contributed by atoms with Crippen LogP contribution in [0.3, 0.4) is 0 Å². The summed E-state index contributed by atoms with van der Waals surface area (Å²) < 4.78 is 10.8. The van der Waals surface area contributed by atoms with Crippen LogP contribution in [-0.4, -0.2) is 42.5 Å². The molecule has 0 saturated carbocycles. The molecule has 2 aliphatic rings. The van der Waals surface area contributed by atoms with Crippen molar-refractivity contribution in [3.63, 3.8) is 0 Å². The van der Waals surface area contributed by atoms with E-state index < -0.39 is 12.1 Å². The third-order valence-corrected chi connectivity index (χ3v) is 6.08. The number of aliphatic imine (C=N–C) groups is 1. The van der Waals surface area contributed by atoms with Gasteiger partial charge < -0.3 is 19.7 Å². The Kier molecular flexibility index (Phi) is 6.25. The lowest BCUT2D eigenvalue weighted by Gasteiger charge is -2.31. The van der Waals surface area contributed by atoms with Gasteiger partial charge in [0.1, 0.15) is 5.75 Å². The first-order valence-electron chi connectivity index (χ1n) is 11.4. The number of fused-ring (bicyclic) bond motifs is 1. The molecular weight excluding hydrogens is 430 g/mol. The number of nitrogens with one attached hydrogen (secondary N) is 1. The Bertz CT molecular complexity index is 1260. The topological polar surface area (TPSA) is 80.2 Å². The molecule has 0 radical (unpaired) electrons. The van der Waals surface area contributed by atoms with Gasteiger partial charge in [-0.3, -0.25) is 0 Å². The van der Waals surface area contributed by atoms with Crippen LogP contribution in [0.5, 0.6) is 5.75 Å². The van der Waals surface area contributed by atoms with E-state index in [2.05, 4.69) is 15.2 Å². The molecule has 172 valence electrons. The van der Waals surface area contributed by atoms with E-state index in [4.69, 9.17) is 9.47 Å². The number of cyclic esters (lactones) is 1. The van der Waals surface area contributed by atoms with Crippen molar-refractivity contribution in [2.24, 2.45) is 10.9 Å². The Morgan fingerprint density at radius 1 is 1.03 bits per heavy atom. The third kappa shape index (κ3) is 4.93. The molecule has 1 amide bonds. The van der Waals surface area contributed by atoms with Crippen molar-refractivity contribution in [3.8, 4) is 5.75 Å². The standard InChI is InChI=1S/C27H25N3O4/c31-26-24(29-25(34-26)23-12-6-8-20-7-4-5-11-22(20)23)18-30-15-13-19(14-16-30)17-28-27(32)33-21-9-2-1-3-10-21/h1-12,18-19H,13-17H2,(H,28,32)/b24-18+. The fraction of sp³-hybridized carbons (Fsp3) is 0.222. The lowest BCUT2D eigenvalue weighted by atomic mass is 9.97. The number of carbonyl (C=O) groups is 2. The zero-order valence-corrected chi connectivity index (χ0v) is 18.6. The number of para-hydroxylation sites is 1. The van der Waals surface area contributed by atoms with Gasteiger partial charge in [-0.15, -0.1) is 0 Å². The van der Waals surface area contributed by atoms with Gasteiger partial charge in [-0.05, 0) is 47.7 Å². The van der Waals surface area contributed by atoms with Crippen LogP contribution in [0.15, 0.2) is 89.7 Å². The number of benzene rings is 3. The first-order valence-corrected chi connectivity index (χ1v) is 11.4. The Balaban J connectivity index is 1.16. The summed E-state index contributed by atoms with van der Waals surface area (Å²) in [4.78, 5) is 31.0. The van der Waals surface area contributed by atoms with Gasteiger partial charge in [-0.25, -0.2) is 14.6 Å². The number of nitrogens with zero attached hydrogens (tertiary/aromatic N) is 2. The van der Waals surface area contributed by atoms with Crippen LogP contribution < -0.4 is 10.1 Å². The molecule has 1 fully saturated rings. The van der Waals surface area contributed by atoms with Gasteiger partial charge in [0, 0.05) is 31.4 Å². The maximum Gasteiger partial charge on any atom is 0.412 e. The highest BCUT2D eigenvalue weighted by Crippen LogP contribution is 2.25. The summed E-state index contributed by atoms with van der Waals surface area (Å²) in [6.07, 6.45) is 3.13. The van der Waals surface area contributed by atoms with E-state index in [1.807, 2.05) is 60.7 Å². The molecule has 34 heavy (non-hydrogen) atoms. The molecular formula is C27H25N3O4. The van der Waals surface area contributed by atoms with Crippen LogP contribution in [0.25, 0.3) is 10.8 Å². The van der Waals surface area contributed by atoms with Crippen LogP contribution in [0, 0.1) is 5.92 Å². The van der Waals surface area contributed by atoms with Gasteiger partial charge in [-0.2, -0.15) is 0 Å². The highest BCUT2D eigenvalue weighted by Gasteiger charge is 2.27. The number of ether oxygens (including phenoxy) is 2. The average Bonchev–Trinajstić information content (AvgIpc) is 3.23. The lowest BCUT2D eigenvalue weighted by Crippen LogP contribution is -2.37. The highest BCUT2D eigenvalue weighted by atomic mass is 16.6. The minimum absolute atomic E-state index is 0.311. The van der Waals surface area contributed by atoms with E-state index in [9.17, 15) is 9.59 Å². The number of hydrogen-bond acceptors (Lipinski definition) is 6. The maximum atomic E-state index is 12.5. The quantitative estimate of drug-likeness (QED) is 0.453. The molecule has 3 aromatic rings. The van der Waals surface area contributed by atoms with Crippen molar-refractivity contribution in [1.82, 2.24) is 10.2 Å². The number of piperidine rings is 1. The second-order valence-corrected chi connectivity index (χ2v) is 8.41. The second-order valence-electron chi connectivity index (χ2n) is 8.41. The Hall–Kier alpha value is -4.13. The van der Waals surface area contributed by atoms with Crippen LogP contribution in [0.1, 0.15) is 18.4 Å². The smallest absolute Gasteiger partial charge is 0.410 e. The minimum atomic E-state index is -0.445. The van der Waals surface area contributed by atoms with Gasteiger partial charge in [0.05, 0.1) is 0 Å². The summed E-state index contributed by atoms with van der Waals surface area (Å²) in [7, 11) is 0. The number of likely N-dealkylation sites (tertiary alicyclic amines) is 1. The van der Waals surface area contributed by atoms with Gasteiger partial charge in [0.25, 0.3) is 0 Å². The SMILES string of the molecule is O=C(NCC1CCN(/C=C2/N=C(c3cccc4ccccc34)OC2=O)CC1)Oc1ccccc1. The molecule has 0 atom stereocenters. The zero-order chi connectivity index (χ0) is 23.3. The number of amides is 1. The average molecular weight is 456 g/mol. The van der Waals surface area contributed by atoms with Crippen molar-refractivity contribution >= 4 is 28.7 Å².